The summed E-state index contributed by atoms with van der Waals surface area (Å²) in [6.07, 6.45) is 0.857. The highest BCUT2D eigenvalue weighted by Gasteiger charge is 2.02. The molecule has 0 radical (unpaired) electrons. The molecule has 1 heterocycles. The van der Waals surface area contributed by atoms with Gasteiger partial charge in [-0.25, -0.2) is 9.97 Å². The average molecular weight is 180 g/mol. The van der Waals surface area contributed by atoms with Crippen LogP contribution in [0.1, 0.15) is 12.7 Å². The maximum atomic E-state index is 4.37. The standard InChI is InChI=1S/C9H16N4/c1-5-7-11-8(10-2)6-9(12-7)13(3)4/h6H,5H2,1-4H3,(H,10,11,12). The van der Waals surface area contributed by atoms with Gasteiger partial charge in [0.1, 0.15) is 17.5 Å². The minimum Gasteiger partial charge on any atom is -0.373 e. The number of anilines is 2. The van der Waals surface area contributed by atoms with Gasteiger partial charge in [-0.2, -0.15) is 0 Å². The van der Waals surface area contributed by atoms with Gasteiger partial charge in [0.2, 0.25) is 0 Å². The molecular formula is C9H16N4. The van der Waals surface area contributed by atoms with E-state index in [1.165, 1.54) is 0 Å². The van der Waals surface area contributed by atoms with E-state index in [1.54, 1.807) is 0 Å². The van der Waals surface area contributed by atoms with Gasteiger partial charge in [0.15, 0.2) is 0 Å². The summed E-state index contributed by atoms with van der Waals surface area (Å²) in [5.41, 5.74) is 0. The van der Waals surface area contributed by atoms with Gasteiger partial charge in [0.05, 0.1) is 0 Å². The molecule has 72 valence electrons. The molecule has 0 bridgehead atoms. The van der Waals surface area contributed by atoms with Gasteiger partial charge in [-0.3, -0.25) is 0 Å². The van der Waals surface area contributed by atoms with E-state index >= 15 is 0 Å². The van der Waals surface area contributed by atoms with Crippen LogP contribution in [0.5, 0.6) is 0 Å². The highest BCUT2D eigenvalue weighted by atomic mass is 15.2. The molecule has 13 heavy (non-hydrogen) atoms. The van der Waals surface area contributed by atoms with E-state index in [9.17, 15) is 0 Å². The normalized spacial score (nSPS) is 9.85. The summed E-state index contributed by atoms with van der Waals surface area (Å²) in [6.45, 7) is 2.05. The van der Waals surface area contributed by atoms with Crippen molar-refractivity contribution in [3.05, 3.63) is 11.9 Å². The van der Waals surface area contributed by atoms with Crippen molar-refractivity contribution in [1.82, 2.24) is 9.97 Å². The monoisotopic (exact) mass is 180 g/mol. The van der Waals surface area contributed by atoms with Crippen molar-refractivity contribution in [3.63, 3.8) is 0 Å². The van der Waals surface area contributed by atoms with Crippen LogP contribution in [-0.2, 0) is 6.42 Å². The Kier molecular flexibility index (Phi) is 3.06. The van der Waals surface area contributed by atoms with E-state index in [-0.39, 0.29) is 0 Å². The van der Waals surface area contributed by atoms with Crippen molar-refractivity contribution in [2.75, 3.05) is 31.4 Å². The molecule has 0 spiro atoms. The van der Waals surface area contributed by atoms with Crippen LogP contribution in [0.3, 0.4) is 0 Å². The average Bonchev–Trinajstić information content (AvgIpc) is 2.16. The van der Waals surface area contributed by atoms with Gasteiger partial charge in [0, 0.05) is 33.6 Å². The second kappa shape index (κ2) is 4.07. The van der Waals surface area contributed by atoms with Crippen LogP contribution >= 0.6 is 0 Å². The van der Waals surface area contributed by atoms with Gasteiger partial charge in [-0.1, -0.05) is 6.92 Å². The molecule has 0 saturated heterocycles. The first kappa shape index (κ1) is 9.77. The molecule has 4 nitrogen and oxygen atoms in total. The quantitative estimate of drug-likeness (QED) is 0.757. The Morgan fingerprint density at radius 2 is 2.08 bits per heavy atom. The molecule has 0 aliphatic rings. The van der Waals surface area contributed by atoms with Crippen LogP contribution in [0.25, 0.3) is 0 Å². The van der Waals surface area contributed by atoms with E-state index in [1.807, 2.05) is 39.0 Å². The van der Waals surface area contributed by atoms with Crippen LogP contribution < -0.4 is 10.2 Å². The zero-order valence-corrected chi connectivity index (χ0v) is 8.63. The molecule has 0 amide bonds. The third kappa shape index (κ3) is 2.31. The molecule has 1 rings (SSSR count). The Labute approximate surface area is 79.0 Å². The summed E-state index contributed by atoms with van der Waals surface area (Å²) in [5.74, 6) is 2.68. The summed E-state index contributed by atoms with van der Waals surface area (Å²) in [5, 5.41) is 3.02. The Morgan fingerprint density at radius 3 is 2.54 bits per heavy atom. The predicted octanol–water partition coefficient (Wildman–Crippen LogP) is 1.15. The van der Waals surface area contributed by atoms with E-state index in [0.29, 0.717) is 0 Å². The van der Waals surface area contributed by atoms with Crippen molar-refractivity contribution >= 4 is 11.6 Å². The molecule has 0 saturated carbocycles. The molecular weight excluding hydrogens is 164 g/mol. The van der Waals surface area contributed by atoms with E-state index in [0.717, 1.165) is 23.9 Å². The molecule has 0 aliphatic carbocycles. The minimum atomic E-state index is 0.857. The van der Waals surface area contributed by atoms with Gasteiger partial charge in [-0.05, 0) is 0 Å². The summed E-state index contributed by atoms with van der Waals surface area (Å²) in [4.78, 5) is 10.7. The van der Waals surface area contributed by atoms with Crippen LogP contribution in [0.15, 0.2) is 6.07 Å². The number of nitrogens with zero attached hydrogens (tertiary/aromatic N) is 3. The minimum absolute atomic E-state index is 0.857. The topological polar surface area (TPSA) is 41.1 Å². The Balaban J connectivity index is 3.07. The highest BCUT2D eigenvalue weighted by molar-refractivity contribution is 5.48. The first-order chi connectivity index (χ1) is 6.17. The molecule has 1 aromatic heterocycles. The number of rotatable bonds is 3. The van der Waals surface area contributed by atoms with Crippen LogP contribution in [0.2, 0.25) is 0 Å². The smallest absolute Gasteiger partial charge is 0.133 e. The summed E-state index contributed by atoms with van der Waals surface area (Å²) in [7, 11) is 5.81. The second-order valence-corrected chi connectivity index (χ2v) is 3.03. The Morgan fingerprint density at radius 1 is 1.38 bits per heavy atom. The fourth-order valence-corrected chi connectivity index (χ4v) is 0.998. The van der Waals surface area contributed by atoms with Crippen molar-refractivity contribution in [2.24, 2.45) is 0 Å². The molecule has 0 aliphatic heterocycles. The fraction of sp³-hybridized carbons (Fsp3) is 0.556. The van der Waals surface area contributed by atoms with Crippen LogP contribution in [0, 0.1) is 0 Å². The number of hydrogen-bond donors (Lipinski definition) is 1. The zero-order valence-electron chi connectivity index (χ0n) is 8.63. The lowest BCUT2D eigenvalue weighted by molar-refractivity contribution is 0.918. The van der Waals surface area contributed by atoms with Crippen molar-refractivity contribution in [1.29, 1.82) is 0 Å². The van der Waals surface area contributed by atoms with E-state index < -0.39 is 0 Å². The maximum Gasteiger partial charge on any atom is 0.133 e. The highest BCUT2D eigenvalue weighted by Crippen LogP contribution is 2.13. The number of aromatic nitrogens is 2. The SMILES string of the molecule is CCc1nc(NC)cc(N(C)C)n1. The first-order valence-electron chi connectivity index (χ1n) is 4.40. The third-order valence-electron chi connectivity index (χ3n) is 1.79. The lowest BCUT2D eigenvalue weighted by atomic mass is 10.4. The van der Waals surface area contributed by atoms with Crippen molar-refractivity contribution < 1.29 is 0 Å². The third-order valence-corrected chi connectivity index (χ3v) is 1.79. The van der Waals surface area contributed by atoms with Crippen molar-refractivity contribution in [2.45, 2.75) is 13.3 Å². The summed E-state index contributed by atoms with van der Waals surface area (Å²) < 4.78 is 0. The second-order valence-electron chi connectivity index (χ2n) is 3.03. The largest absolute Gasteiger partial charge is 0.373 e. The summed E-state index contributed by atoms with van der Waals surface area (Å²) in [6, 6.07) is 1.93. The van der Waals surface area contributed by atoms with Gasteiger partial charge >= 0.3 is 0 Å². The first-order valence-corrected chi connectivity index (χ1v) is 4.40. The van der Waals surface area contributed by atoms with E-state index in [2.05, 4.69) is 15.3 Å². The molecule has 0 fully saturated rings. The molecule has 0 aromatic carbocycles. The Bertz CT molecular complexity index is 261. The number of nitrogens with one attached hydrogen (secondary N) is 1. The van der Waals surface area contributed by atoms with Crippen LogP contribution in [0.4, 0.5) is 11.6 Å². The molecule has 4 heteroatoms. The van der Waals surface area contributed by atoms with Crippen LogP contribution in [-0.4, -0.2) is 31.1 Å². The summed E-state index contributed by atoms with van der Waals surface area (Å²) >= 11 is 0. The van der Waals surface area contributed by atoms with Crippen molar-refractivity contribution in [3.8, 4) is 0 Å². The molecule has 1 N–H and O–H groups in total. The number of aryl methyl sites for hydroxylation is 1. The van der Waals surface area contributed by atoms with E-state index in [4.69, 9.17) is 0 Å². The predicted molar refractivity (Wildman–Crippen MR) is 55.3 cm³/mol. The van der Waals surface area contributed by atoms with Gasteiger partial charge in [0.25, 0.3) is 0 Å². The fourth-order valence-electron chi connectivity index (χ4n) is 0.998. The lowest BCUT2D eigenvalue weighted by Crippen LogP contribution is -2.13. The molecule has 0 unspecified atom stereocenters. The molecule has 0 atom stereocenters. The maximum absolute atomic E-state index is 4.37. The van der Waals surface area contributed by atoms with Gasteiger partial charge in [-0.15, -0.1) is 0 Å². The van der Waals surface area contributed by atoms with Gasteiger partial charge < -0.3 is 10.2 Å². The lowest BCUT2D eigenvalue weighted by Gasteiger charge is -2.13. The number of hydrogen-bond acceptors (Lipinski definition) is 4. The molecule has 1 aromatic rings. The Hall–Kier alpha value is -1.32. The zero-order chi connectivity index (χ0) is 9.84.